The summed E-state index contributed by atoms with van der Waals surface area (Å²) >= 11 is 0. The lowest BCUT2D eigenvalue weighted by atomic mass is 9.82. The van der Waals surface area contributed by atoms with Crippen molar-refractivity contribution in [3.05, 3.63) is 35.6 Å². The van der Waals surface area contributed by atoms with Crippen LogP contribution in [0.4, 0.5) is 4.39 Å². The van der Waals surface area contributed by atoms with Gasteiger partial charge in [-0.05, 0) is 26.0 Å². The normalized spacial score (nSPS) is 12.1. The van der Waals surface area contributed by atoms with Crippen LogP contribution in [-0.2, 0) is 6.54 Å². The number of hydrogen-bond donors (Lipinski definition) is 1. The molecular formula is C15H24FNO. The van der Waals surface area contributed by atoms with Crippen molar-refractivity contribution in [2.24, 2.45) is 5.41 Å². The van der Waals surface area contributed by atoms with Crippen LogP contribution in [0.1, 0.15) is 32.3 Å². The molecule has 0 aliphatic rings. The molecule has 2 nitrogen and oxygen atoms in total. The molecule has 0 fully saturated rings. The van der Waals surface area contributed by atoms with Gasteiger partial charge in [0, 0.05) is 30.7 Å². The third-order valence-electron chi connectivity index (χ3n) is 3.84. The highest BCUT2D eigenvalue weighted by Gasteiger charge is 2.26. The van der Waals surface area contributed by atoms with Crippen LogP contribution in [0.5, 0.6) is 0 Å². The minimum absolute atomic E-state index is 0.0694. The van der Waals surface area contributed by atoms with Crippen molar-refractivity contribution in [1.29, 1.82) is 0 Å². The Morgan fingerprint density at radius 2 is 1.83 bits per heavy atom. The van der Waals surface area contributed by atoms with Crippen LogP contribution < -0.4 is 0 Å². The van der Waals surface area contributed by atoms with Gasteiger partial charge in [0.15, 0.2) is 0 Å². The smallest absolute Gasteiger partial charge is 0.127 e. The first-order valence-electron chi connectivity index (χ1n) is 6.59. The van der Waals surface area contributed by atoms with Crippen molar-refractivity contribution in [3.8, 4) is 0 Å². The highest BCUT2D eigenvalue weighted by atomic mass is 19.1. The molecule has 1 N–H and O–H groups in total. The molecule has 1 aromatic carbocycles. The minimum Gasteiger partial charge on any atom is -0.396 e. The second-order valence-corrected chi connectivity index (χ2v) is 5.13. The Labute approximate surface area is 109 Å². The fraction of sp³-hybridized carbons (Fsp3) is 0.600. The average molecular weight is 253 g/mol. The number of rotatable bonds is 7. The van der Waals surface area contributed by atoms with Gasteiger partial charge in [-0.1, -0.05) is 32.0 Å². The second-order valence-electron chi connectivity index (χ2n) is 5.13. The van der Waals surface area contributed by atoms with Crippen LogP contribution in [0, 0.1) is 11.2 Å². The predicted molar refractivity (Wildman–Crippen MR) is 72.8 cm³/mol. The number of benzene rings is 1. The maximum atomic E-state index is 13.6. The summed E-state index contributed by atoms with van der Waals surface area (Å²) in [4.78, 5) is 2.08. The topological polar surface area (TPSA) is 23.5 Å². The van der Waals surface area contributed by atoms with Crippen molar-refractivity contribution < 1.29 is 9.50 Å². The Balaban J connectivity index is 2.66. The van der Waals surface area contributed by atoms with Gasteiger partial charge in [0.05, 0.1) is 0 Å². The van der Waals surface area contributed by atoms with E-state index in [1.54, 1.807) is 6.07 Å². The fourth-order valence-electron chi connectivity index (χ4n) is 2.29. The summed E-state index contributed by atoms with van der Waals surface area (Å²) in [7, 11) is 1.97. The summed E-state index contributed by atoms with van der Waals surface area (Å²) in [5.41, 5.74) is 0.638. The molecule has 1 rings (SSSR count). The van der Waals surface area contributed by atoms with E-state index in [-0.39, 0.29) is 17.8 Å². The van der Waals surface area contributed by atoms with Crippen molar-refractivity contribution in [3.63, 3.8) is 0 Å². The van der Waals surface area contributed by atoms with Crippen molar-refractivity contribution in [2.75, 3.05) is 20.2 Å². The monoisotopic (exact) mass is 253 g/mol. The van der Waals surface area contributed by atoms with Crippen LogP contribution in [0.2, 0.25) is 0 Å². The molecule has 0 bridgehead atoms. The number of aliphatic hydroxyl groups excluding tert-OH is 1. The first kappa shape index (κ1) is 15.1. The molecule has 0 saturated carbocycles. The highest BCUT2D eigenvalue weighted by molar-refractivity contribution is 5.17. The van der Waals surface area contributed by atoms with Crippen molar-refractivity contribution in [2.45, 2.75) is 33.2 Å². The Morgan fingerprint density at radius 1 is 1.22 bits per heavy atom. The van der Waals surface area contributed by atoms with E-state index in [2.05, 4.69) is 18.7 Å². The average Bonchev–Trinajstić information content (AvgIpc) is 2.39. The standard InChI is InChI=1S/C15H24FNO/c1-4-15(5-2,12-18)11-17(3)10-13-8-6-7-9-14(13)16/h6-9,18H,4-5,10-12H2,1-3H3. The first-order chi connectivity index (χ1) is 8.56. The zero-order valence-corrected chi connectivity index (χ0v) is 11.6. The minimum atomic E-state index is -0.160. The van der Waals surface area contributed by atoms with Gasteiger partial charge in [-0.3, -0.25) is 0 Å². The van der Waals surface area contributed by atoms with Gasteiger partial charge in [-0.15, -0.1) is 0 Å². The maximum absolute atomic E-state index is 13.6. The quantitative estimate of drug-likeness (QED) is 0.807. The highest BCUT2D eigenvalue weighted by Crippen LogP contribution is 2.27. The maximum Gasteiger partial charge on any atom is 0.127 e. The number of aliphatic hydroxyl groups is 1. The van der Waals surface area contributed by atoms with Gasteiger partial charge in [-0.2, -0.15) is 0 Å². The number of hydrogen-bond acceptors (Lipinski definition) is 2. The summed E-state index contributed by atoms with van der Waals surface area (Å²) in [5.74, 6) is -0.160. The molecule has 0 unspecified atom stereocenters. The summed E-state index contributed by atoms with van der Waals surface area (Å²) in [6.45, 7) is 5.73. The lowest BCUT2D eigenvalue weighted by Gasteiger charge is -2.34. The van der Waals surface area contributed by atoms with Gasteiger partial charge < -0.3 is 10.0 Å². The lowest BCUT2D eigenvalue weighted by Crippen LogP contribution is -2.37. The van der Waals surface area contributed by atoms with Crippen molar-refractivity contribution >= 4 is 0 Å². The molecule has 102 valence electrons. The van der Waals surface area contributed by atoms with Gasteiger partial charge in [0.25, 0.3) is 0 Å². The molecule has 0 heterocycles. The Kier molecular flexibility index (Phi) is 5.76. The summed E-state index contributed by atoms with van der Waals surface area (Å²) < 4.78 is 13.6. The molecule has 0 radical (unpaired) electrons. The van der Waals surface area contributed by atoms with E-state index in [0.29, 0.717) is 12.1 Å². The summed E-state index contributed by atoms with van der Waals surface area (Å²) in [5, 5.41) is 9.55. The van der Waals surface area contributed by atoms with Crippen molar-refractivity contribution in [1.82, 2.24) is 4.90 Å². The third kappa shape index (κ3) is 3.79. The Bertz CT molecular complexity index is 355. The van der Waals surface area contributed by atoms with E-state index in [1.165, 1.54) is 6.07 Å². The molecular weight excluding hydrogens is 229 g/mol. The van der Waals surface area contributed by atoms with E-state index in [9.17, 15) is 9.50 Å². The molecule has 3 heteroatoms. The molecule has 0 aliphatic heterocycles. The van der Waals surface area contributed by atoms with Crippen LogP contribution in [0.15, 0.2) is 24.3 Å². The van der Waals surface area contributed by atoms with E-state index < -0.39 is 0 Å². The molecule has 18 heavy (non-hydrogen) atoms. The molecule has 0 aliphatic carbocycles. The molecule has 1 aromatic rings. The first-order valence-corrected chi connectivity index (χ1v) is 6.59. The molecule has 0 aromatic heterocycles. The van der Waals surface area contributed by atoms with E-state index in [1.807, 2.05) is 19.2 Å². The van der Waals surface area contributed by atoms with E-state index >= 15 is 0 Å². The van der Waals surface area contributed by atoms with Gasteiger partial charge in [0.1, 0.15) is 5.82 Å². The Hall–Kier alpha value is -0.930. The zero-order chi connectivity index (χ0) is 13.6. The second kappa shape index (κ2) is 6.86. The van der Waals surface area contributed by atoms with Gasteiger partial charge in [-0.25, -0.2) is 4.39 Å². The van der Waals surface area contributed by atoms with Crippen LogP contribution in [0.3, 0.4) is 0 Å². The SMILES string of the molecule is CCC(CC)(CO)CN(C)Cc1ccccc1F. The summed E-state index contributed by atoms with van der Waals surface area (Å²) in [6, 6.07) is 6.85. The van der Waals surface area contributed by atoms with Crippen LogP contribution >= 0.6 is 0 Å². The lowest BCUT2D eigenvalue weighted by molar-refractivity contribution is 0.0727. The van der Waals surface area contributed by atoms with E-state index in [4.69, 9.17) is 0 Å². The van der Waals surface area contributed by atoms with Gasteiger partial charge in [0.2, 0.25) is 0 Å². The largest absolute Gasteiger partial charge is 0.396 e. The number of halogens is 1. The Morgan fingerprint density at radius 3 is 2.33 bits per heavy atom. The fourth-order valence-corrected chi connectivity index (χ4v) is 2.29. The summed E-state index contributed by atoms with van der Waals surface area (Å²) in [6.07, 6.45) is 1.86. The van der Waals surface area contributed by atoms with Crippen LogP contribution in [0.25, 0.3) is 0 Å². The number of nitrogens with zero attached hydrogens (tertiary/aromatic N) is 1. The van der Waals surface area contributed by atoms with Crippen LogP contribution in [-0.4, -0.2) is 30.2 Å². The third-order valence-corrected chi connectivity index (χ3v) is 3.84. The molecule has 0 saturated heterocycles. The zero-order valence-electron chi connectivity index (χ0n) is 11.6. The van der Waals surface area contributed by atoms with E-state index in [0.717, 1.165) is 19.4 Å². The predicted octanol–water partition coefficient (Wildman–Crippen LogP) is 3.06. The molecule has 0 spiro atoms. The van der Waals surface area contributed by atoms with Gasteiger partial charge >= 0.3 is 0 Å². The molecule has 0 atom stereocenters. The molecule has 0 amide bonds.